The van der Waals surface area contributed by atoms with Crippen LogP contribution in [0.1, 0.15) is 12.8 Å². The average molecular weight is 132 g/mol. The number of aliphatic imine (C=N–C) groups is 1. The fourth-order valence-corrected chi connectivity index (χ4v) is 1.15. The lowest BCUT2D eigenvalue weighted by Gasteiger charge is -2.00. The highest BCUT2D eigenvalue weighted by Crippen LogP contribution is 2.19. The van der Waals surface area contributed by atoms with E-state index >= 15 is 0 Å². The summed E-state index contributed by atoms with van der Waals surface area (Å²) in [6, 6.07) is 0. The normalized spacial score (nSPS) is 22.2. The summed E-state index contributed by atoms with van der Waals surface area (Å²) in [6.45, 7) is 0. The average Bonchev–Trinajstić information content (AvgIpc) is 2.27. The molecule has 0 N–H and O–H groups in total. The van der Waals surface area contributed by atoms with Crippen molar-refractivity contribution in [3.05, 3.63) is 23.8 Å². The molecule has 0 aromatic rings. The van der Waals surface area contributed by atoms with Crippen molar-refractivity contribution in [3.63, 3.8) is 0 Å². The standard InChI is InChI=1S/C8H6NO/c10-8-5-6-3-1-2-4-7(6)9-8/h1,3H,4-5H2. The molecule has 2 heteroatoms. The molecule has 1 radical (unpaired) electrons. The third kappa shape index (κ3) is 0.727. The van der Waals surface area contributed by atoms with Crippen LogP contribution in [-0.2, 0) is 4.79 Å². The van der Waals surface area contributed by atoms with E-state index in [2.05, 4.69) is 11.1 Å². The molecule has 49 valence electrons. The van der Waals surface area contributed by atoms with E-state index in [1.165, 1.54) is 0 Å². The zero-order valence-electron chi connectivity index (χ0n) is 5.42. The summed E-state index contributed by atoms with van der Waals surface area (Å²) in [7, 11) is 0. The van der Waals surface area contributed by atoms with Gasteiger partial charge in [-0.2, -0.15) is 0 Å². The Morgan fingerprint density at radius 2 is 2.50 bits per heavy atom. The zero-order chi connectivity index (χ0) is 6.97. The van der Waals surface area contributed by atoms with Crippen molar-refractivity contribution in [2.45, 2.75) is 12.8 Å². The van der Waals surface area contributed by atoms with Gasteiger partial charge in [-0.05, 0) is 11.6 Å². The quantitative estimate of drug-likeness (QED) is 0.484. The molecule has 0 aromatic carbocycles. The molecule has 2 rings (SSSR count). The van der Waals surface area contributed by atoms with Crippen LogP contribution in [0.5, 0.6) is 0 Å². The van der Waals surface area contributed by atoms with Crippen molar-refractivity contribution < 1.29 is 4.79 Å². The van der Waals surface area contributed by atoms with E-state index in [0.717, 1.165) is 11.3 Å². The molecule has 0 unspecified atom stereocenters. The van der Waals surface area contributed by atoms with Crippen molar-refractivity contribution in [1.29, 1.82) is 0 Å². The number of carbonyl (C=O) groups excluding carboxylic acids is 1. The monoisotopic (exact) mass is 132 g/mol. The van der Waals surface area contributed by atoms with Crippen molar-refractivity contribution in [2.24, 2.45) is 4.99 Å². The second-order valence-corrected chi connectivity index (χ2v) is 2.37. The Labute approximate surface area is 59.0 Å². The van der Waals surface area contributed by atoms with Crippen LogP contribution in [0, 0.1) is 6.08 Å². The Morgan fingerprint density at radius 1 is 1.60 bits per heavy atom. The summed E-state index contributed by atoms with van der Waals surface area (Å²) in [4.78, 5) is 14.6. The van der Waals surface area contributed by atoms with E-state index in [9.17, 15) is 4.79 Å². The van der Waals surface area contributed by atoms with E-state index < -0.39 is 0 Å². The Morgan fingerprint density at radius 3 is 3.30 bits per heavy atom. The van der Waals surface area contributed by atoms with Gasteiger partial charge in [-0.1, -0.05) is 12.2 Å². The first-order valence-corrected chi connectivity index (χ1v) is 3.23. The molecule has 2 nitrogen and oxygen atoms in total. The summed E-state index contributed by atoms with van der Waals surface area (Å²) in [5.74, 6) is -0.0154. The van der Waals surface area contributed by atoms with Gasteiger partial charge in [0.2, 0.25) is 5.91 Å². The topological polar surface area (TPSA) is 29.4 Å². The lowest BCUT2D eigenvalue weighted by atomic mass is 10.0. The lowest BCUT2D eigenvalue weighted by Crippen LogP contribution is -1.98. The molecule has 2 aliphatic rings. The Kier molecular flexibility index (Phi) is 1.07. The van der Waals surface area contributed by atoms with E-state index in [1.54, 1.807) is 0 Å². The van der Waals surface area contributed by atoms with Crippen molar-refractivity contribution in [1.82, 2.24) is 0 Å². The third-order valence-electron chi connectivity index (χ3n) is 1.64. The van der Waals surface area contributed by atoms with E-state index in [0.29, 0.717) is 12.8 Å². The van der Waals surface area contributed by atoms with Crippen LogP contribution >= 0.6 is 0 Å². The fraction of sp³-hybridized carbons (Fsp3) is 0.250. The first-order valence-electron chi connectivity index (χ1n) is 3.23. The Balaban J connectivity index is 2.41. The van der Waals surface area contributed by atoms with Crippen molar-refractivity contribution in [2.75, 3.05) is 0 Å². The SMILES string of the molecule is O=C1CC2=CC=[C]CC2=N1. The minimum Gasteiger partial charge on any atom is -0.272 e. The highest BCUT2D eigenvalue weighted by molar-refractivity contribution is 6.15. The van der Waals surface area contributed by atoms with Gasteiger partial charge in [-0.15, -0.1) is 0 Å². The van der Waals surface area contributed by atoms with Gasteiger partial charge in [-0.3, -0.25) is 4.79 Å². The zero-order valence-corrected chi connectivity index (χ0v) is 5.42. The minimum atomic E-state index is -0.0154. The first kappa shape index (κ1) is 5.59. The number of hydrogen-bond acceptors (Lipinski definition) is 1. The number of nitrogens with zero attached hydrogens (tertiary/aromatic N) is 1. The summed E-state index contributed by atoms with van der Waals surface area (Å²) in [5.41, 5.74) is 1.98. The van der Waals surface area contributed by atoms with Gasteiger partial charge in [0.05, 0.1) is 12.1 Å². The van der Waals surface area contributed by atoms with E-state index in [1.807, 2.05) is 12.2 Å². The minimum absolute atomic E-state index is 0.0154. The molecule has 1 heterocycles. The van der Waals surface area contributed by atoms with Gasteiger partial charge in [0.25, 0.3) is 0 Å². The van der Waals surface area contributed by atoms with Crippen LogP contribution in [0.4, 0.5) is 0 Å². The lowest BCUT2D eigenvalue weighted by molar-refractivity contribution is -0.116. The van der Waals surface area contributed by atoms with Gasteiger partial charge in [0.1, 0.15) is 0 Å². The second kappa shape index (κ2) is 1.90. The number of hydrogen-bond donors (Lipinski definition) is 0. The van der Waals surface area contributed by atoms with E-state index in [4.69, 9.17) is 0 Å². The van der Waals surface area contributed by atoms with Gasteiger partial charge in [0.15, 0.2) is 0 Å². The van der Waals surface area contributed by atoms with Crippen molar-refractivity contribution >= 4 is 11.6 Å². The maximum Gasteiger partial charge on any atom is 0.250 e. The summed E-state index contributed by atoms with van der Waals surface area (Å²) in [5, 5.41) is 0. The number of amides is 1. The molecule has 0 fully saturated rings. The molecule has 1 amide bonds. The largest absolute Gasteiger partial charge is 0.272 e. The summed E-state index contributed by atoms with van der Waals surface area (Å²) in [6.07, 6.45) is 7.96. The van der Waals surface area contributed by atoms with Gasteiger partial charge >= 0.3 is 0 Å². The molecule has 1 aliphatic heterocycles. The van der Waals surface area contributed by atoms with Crippen LogP contribution in [0.25, 0.3) is 0 Å². The molecular weight excluding hydrogens is 126 g/mol. The molecule has 0 saturated heterocycles. The highest BCUT2D eigenvalue weighted by Gasteiger charge is 2.19. The van der Waals surface area contributed by atoms with E-state index in [-0.39, 0.29) is 5.91 Å². The second-order valence-electron chi connectivity index (χ2n) is 2.37. The third-order valence-corrected chi connectivity index (χ3v) is 1.64. The Bertz CT molecular complexity index is 271. The maximum atomic E-state index is 10.7. The summed E-state index contributed by atoms with van der Waals surface area (Å²) >= 11 is 0. The first-order chi connectivity index (χ1) is 4.86. The van der Waals surface area contributed by atoms with Gasteiger partial charge in [-0.25, -0.2) is 4.99 Å². The molecule has 0 spiro atoms. The number of rotatable bonds is 0. The molecule has 1 aliphatic carbocycles. The molecule has 0 bridgehead atoms. The number of allylic oxidation sites excluding steroid dienone is 3. The molecule has 10 heavy (non-hydrogen) atoms. The van der Waals surface area contributed by atoms with Crippen LogP contribution in [0.15, 0.2) is 22.7 Å². The highest BCUT2D eigenvalue weighted by atomic mass is 16.1. The molecule has 0 aromatic heterocycles. The summed E-state index contributed by atoms with van der Waals surface area (Å²) < 4.78 is 0. The van der Waals surface area contributed by atoms with Gasteiger partial charge in [0, 0.05) is 6.42 Å². The predicted molar refractivity (Wildman–Crippen MR) is 37.6 cm³/mol. The van der Waals surface area contributed by atoms with Gasteiger partial charge < -0.3 is 0 Å². The van der Waals surface area contributed by atoms with Crippen LogP contribution in [0.3, 0.4) is 0 Å². The molecule has 0 saturated carbocycles. The van der Waals surface area contributed by atoms with Crippen LogP contribution < -0.4 is 0 Å². The van der Waals surface area contributed by atoms with Crippen LogP contribution in [0.2, 0.25) is 0 Å². The Hall–Kier alpha value is -1.18. The number of carbonyl (C=O) groups is 1. The smallest absolute Gasteiger partial charge is 0.250 e. The van der Waals surface area contributed by atoms with Crippen molar-refractivity contribution in [3.8, 4) is 0 Å². The molecule has 0 atom stereocenters. The maximum absolute atomic E-state index is 10.7. The van der Waals surface area contributed by atoms with Crippen LogP contribution in [-0.4, -0.2) is 11.6 Å². The predicted octanol–water partition coefficient (Wildman–Crippen LogP) is 1.05. The fourth-order valence-electron chi connectivity index (χ4n) is 1.15. The molecular formula is C8H6NO. The number of fused-ring (bicyclic) bond motifs is 1.